The molecule has 10 nitrogen and oxygen atoms in total. The quantitative estimate of drug-likeness (QED) is 0.148. The summed E-state index contributed by atoms with van der Waals surface area (Å²) in [7, 11) is -4.22. The summed E-state index contributed by atoms with van der Waals surface area (Å²) in [4.78, 5) is 37.0. The van der Waals surface area contributed by atoms with Gasteiger partial charge in [-0.15, -0.1) is 0 Å². The lowest BCUT2D eigenvalue weighted by Crippen LogP contribution is -2.42. The van der Waals surface area contributed by atoms with Gasteiger partial charge in [0.2, 0.25) is 10.0 Å². The Bertz CT molecular complexity index is 1680. The molecule has 0 bridgehead atoms. The molecule has 44 heavy (non-hydrogen) atoms. The van der Waals surface area contributed by atoms with Crippen LogP contribution in [-0.4, -0.2) is 45.6 Å². The molecule has 4 aromatic rings. The summed E-state index contributed by atoms with van der Waals surface area (Å²) < 4.78 is 50.3. The van der Waals surface area contributed by atoms with Crippen molar-refractivity contribution in [2.75, 3.05) is 13.2 Å². The zero-order valence-electron chi connectivity index (χ0n) is 24.1. The van der Waals surface area contributed by atoms with Crippen LogP contribution in [0, 0.1) is 0 Å². The third-order valence-electron chi connectivity index (χ3n) is 6.44. The van der Waals surface area contributed by atoms with Crippen molar-refractivity contribution < 1.29 is 41.7 Å². The Kier molecular flexibility index (Phi) is 11.4. The van der Waals surface area contributed by atoms with E-state index in [1.54, 1.807) is 55.5 Å². The van der Waals surface area contributed by atoms with E-state index in [1.165, 1.54) is 12.1 Å². The van der Waals surface area contributed by atoms with E-state index in [0.29, 0.717) is 16.5 Å². The number of carbonyl (C=O) groups excluding carboxylic acids is 3. The Morgan fingerprint density at radius 1 is 0.727 bits per heavy atom. The van der Waals surface area contributed by atoms with E-state index in [-0.39, 0.29) is 44.2 Å². The van der Waals surface area contributed by atoms with Gasteiger partial charge in [0.1, 0.15) is 25.0 Å². The van der Waals surface area contributed by atoms with Crippen LogP contribution in [0.4, 0.5) is 0 Å². The molecule has 0 fully saturated rings. The van der Waals surface area contributed by atoms with Gasteiger partial charge in [-0.3, -0.25) is 9.59 Å². The fourth-order valence-electron chi connectivity index (χ4n) is 4.19. The standard InChI is InChI=1S/C33H33NO9S/c1-2-40-32(36)23-41-28-15-13-27-20-29(16-14-26(27)19-28)44(38,39)34-30(33(37)43-22-25-11-7-4-8-12-25)17-18-31(35)42-21-24-9-5-3-6-10-24/h3-16,19-20,30,34H,2,17-18,21-23H2,1H3/t30-/m1/s1. The Balaban J connectivity index is 1.45. The van der Waals surface area contributed by atoms with Crippen molar-refractivity contribution in [2.45, 2.75) is 43.9 Å². The summed E-state index contributed by atoms with van der Waals surface area (Å²) in [5.74, 6) is -1.49. The number of sulfonamides is 1. The summed E-state index contributed by atoms with van der Waals surface area (Å²) in [6.07, 6.45) is -0.387. The maximum atomic E-state index is 13.4. The first-order valence-corrected chi connectivity index (χ1v) is 15.5. The molecule has 1 N–H and O–H groups in total. The van der Waals surface area contributed by atoms with Crippen LogP contribution >= 0.6 is 0 Å². The summed E-state index contributed by atoms with van der Waals surface area (Å²) >= 11 is 0. The fourth-order valence-corrected chi connectivity index (χ4v) is 5.44. The van der Waals surface area contributed by atoms with Gasteiger partial charge >= 0.3 is 17.9 Å². The van der Waals surface area contributed by atoms with Crippen molar-refractivity contribution in [3.05, 3.63) is 108 Å². The molecule has 0 spiro atoms. The molecule has 0 unspecified atom stereocenters. The topological polar surface area (TPSA) is 134 Å². The first-order chi connectivity index (χ1) is 21.2. The van der Waals surface area contributed by atoms with Crippen molar-refractivity contribution in [1.82, 2.24) is 4.72 Å². The molecule has 0 aromatic heterocycles. The molecule has 1 atom stereocenters. The third-order valence-corrected chi connectivity index (χ3v) is 7.91. The minimum atomic E-state index is -4.22. The summed E-state index contributed by atoms with van der Waals surface area (Å²) in [5, 5.41) is 1.26. The Labute approximate surface area is 255 Å². The molecule has 0 aliphatic heterocycles. The van der Waals surface area contributed by atoms with Gasteiger partial charge in [0.05, 0.1) is 11.5 Å². The minimum Gasteiger partial charge on any atom is -0.482 e. The number of hydrogen-bond donors (Lipinski definition) is 1. The van der Waals surface area contributed by atoms with Crippen LogP contribution < -0.4 is 9.46 Å². The predicted molar refractivity (Wildman–Crippen MR) is 162 cm³/mol. The van der Waals surface area contributed by atoms with Crippen LogP contribution in [0.3, 0.4) is 0 Å². The molecule has 230 valence electrons. The van der Waals surface area contributed by atoms with E-state index in [2.05, 4.69) is 4.72 Å². The number of esters is 3. The molecule has 0 amide bonds. The largest absolute Gasteiger partial charge is 0.482 e. The monoisotopic (exact) mass is 619 g/mol. The van der Waals surface area contributed by atoms with Crippen LogP contribution in [0.1, 0.15) is 30.9 Å². The van der Waals surface area contributed by atoms with Crippen molar-refractivity contribution >= 4 is 38.7 Å². The molecule has 11 heteroatoms. The van der Waals surface area contributed by atoms with E-state index in [4.69, 9.17) is 18.9 Å². The fraction of sp³-hybridized carbons (Fsp3) is 0.242. The number of ether oxygens (including phenoxy) is 4. The van der Waals surface area contributed by atoms with Crippen molar-refractivity contribution in [2.24, 2.45) is 0 Å². The summed E-state index contributed by atoms with van der Waals surface area (Å²) in [6.45, 7) is 1.69. The highest BCUT2D eigenvalue weighted by molar-refractivity contribution is 7.89. The number of benzene rings is 4. The van der Waals surface area contributed by atoms with Crippen LogP contribution in [0.2, 0.25) is 0 Å². The smallest absolute Gasteiger partial charge is 0.344 e. The van der Waals surface area contributed by atoms with E-state index in [0.717, 1.165) is 11.1 Å². The maximum absolute atomic E-state index is 13.4. The second kappa shape index (κ2) is 15.6. The maximum Gasteiger partial charge on any atom is 0.344 e. The third kappa shape index (κ3) is 9.65. The lowest BCUT2D eigenvalue weighted by Gasteiger charge is -2.18. The van der Waals surface area contributed by atoms with Gasteiger partial charge in [0, 0.05) is 6.42 Å². The molecule has 0 radical (unpaired) electrons. The van der Waals surface area contributed by atoms with Crippen molar-refractivity contribution in [3.8, 4) is 5.75 Å². The lowest BCUT2D eigenvalue weighted by molar-refractivity contribution is -0.149. The average molecular weight is 620 g/mol. The molecule has 4 rings (SSSR count). The lowest BCUT2D eigenvalue weighted by atomic mass is 10.1. The molecular weight excluding hydrogens is 586 g/mol. The van der Waals surface area contributed by atoms with Crippen LogP contribution in [0.5, 0.6) is 5.75 Å². The molecule has 4 aromatic carbocycles. The van der Waals surface area contributed by atoms with E-state index >= 15 is 0 Å². The average Bonchev–Trinajstić information content (AvgIpc) is 3.04. The van der Waals surface area contributed by atoms with Gasteiger partial charge in [-0.2, -0.15) is 4.72 Å². The summed E-state index contributed by atoms with van der Waals surface area (Å²) in [5.41, 5.74) is 1.53. The highest BCUT2D eigenvalue weighted by atomic mass is 32.2. The number of hydrogen-bond acceptors (Lipinski definition) is 9. The molecule has 0 heterocycles. The Morgan fingerprint density at radius 3 is 2.00 bits per heavy atom. The van der Waals surface area contributed by atoms with Gasteiger partial charge < -0.3 is 18.9 Å². The van der Waals surface area contributed by atoms with Gasteiger partial charge in [-0.25, -0.2) is 13.2 Å². The van der Waals surface area contributed by atoms with Crippen molar-refractivity contribution in [1.29, 1.82) is 0 Å². The molecular formula is C33H33NO9S. The highest BCUT2D eigenvalue weighted by Gasteiger charge is 2.28. The molecule has 0 aliphatic rings. The predicted octanol–water partition coefficient (Wildman–Crippen LogP) is 4.70. The highest BCUT2D eigenvalue weighted by Crippen LogP contribution is 2.24. The summed E-state index contributed by atoms with van der Waals surface area (Å²) in [6, 6.07) is 26.1. The number of fused-ring (bicyclic) bond motifs is 1. The van der Waals surface area contributed by atoms with Crippen LogP contribution in [0.25, 0.3) is 10.8 Å². The molecule has 0 saturated heterocycles. The second-order valence-corrected chi connectivity index (χ2v) is 11.4. The second-order valence-electron chi connectivity index (χ2n) is 9.72. The number of nitrogens with one attached hydrogen (secondary N) is 1. The van der Waals surface area contributed by atoms with Gasteiger partial charge in [0.15, 0.2) is 6.61 Å². The zero-order valence-corrected chi connectivity index (χ0v) is 25.0. The van der Waals surface area contributed by atoms with Gasteiger partial charge in [0.25, 0.3) is 0 Å². The number of carbonyl (C=O) groups is 3. The molecule has 0 saturated carbocycles. The normalized spacial score (nSPS) is 11.8. The van der Waals surface area contributed by atoms with Crippen LogP contribution in [0.15, 0.2) is 102 Å². The first-order valence-electron chi connectivity index (χ1n) is 14.0. The van der Waals surface area contributed by atoms with E-state index < -0.39 is 34.0 Å². The zero-order chi connectivity index (χ0) is 31.4. The van der Waals surface area contributed by atoms with Crippen LogP contribution in [-0.2, 0) is 51.8 Å². The minimum absolute atomic E-state index is 0.0567. The van der Waals surface area contributed by atoms with Gasteiger partial charge in [-0.1, -0.05) is 72.8 Å². The SMILES string of the molecule is CCOC(=O)COc1ccc2cc(S(=O)(=O)N[C@H](CCC(=O)OCc3ccccc3)C(=O)OCc3ccccc3)ccc2c1. The Hall–Kier alpha value is -4.74. The van der Waals surface area contributed by atoms with E-state index in [1.807, 2.05) is 36.4 Å². The van der Waals surface area contributed by atoms with E-state index in [9.17, 15) is 22.8 Å². The Morgan fingerprint density at radius 2 is 1.34 bits per heavy atom. The number of rotatable bonds is 15. The van der Waals surface area contributed by atoms with Gasteiger partial charge in [-0.05, 0) is 59.5 Å². The first kappa shape index (κ1) is 32.2. The molecule has 0 aliphatic carbocycles. The van der Waals surface area contributed by atoms with Crippen molar-refractivity contribution in [3.63, 3.8) is 0 Å².